The minimum atomic E-state index is -0.711. The molecule has 1 aromatic heterocycles. The van der Waals surface area contributed by atoms with Crippen molar-refractivity contribution in [1.29, 1.82) is 0 Å². The number of aromatic nitrogens is 1. The molecule has 27 heavy (non-hydrogen) atoms. The monoisotopic (exact) mass is 383 g/mol. The Balaban J connectivity index is 1.48. The largest absolute Gasteiger partial charge is 0.347 e. The summed E-state index contributed by atoms with van der Waals surface area (Å²) in [5.74, 6) is -1.72. The summed E-state index contributed by atoms with van der Waals surface area (Å²) in [4.78, 5) is 28.2. The summed E-state index contributed by atoms with van der Waals surface area (Å²) >= 11 is 1.41. The molecule has 2 N–H and O–H groups in total. The number of nitrogens with zero attached hydrogens (tertiary/aromatic N) is 1. The molecule has 0 unspecified atom stereocenters. The molecule has 7 heteroatoms. The van der Waals surface area contributed by atoms with Gasteiger partial charge in [0, 0.05) is 29.6 Å². The maximum absolute atomic E-state index is 13.3. The Hall–Kier alpha value is -3.06. The maximum atomic E-state index is 13.3. The van der Waals surface area contributed by atoms with E-state index in [0.29, 0.717) is 22.7 Å². The lowest BCUT2D eigenvalue weighted by Crippen LogP contribution is -2.36. The standard InChI is InChI=1S/C20H18FN3O2S/c1-13-5-7-16(8-6-13)23-19(26)18(25)22-10-9-17-12-27-20(24-17)14-3-2-4-15(21)11-14/h2-8,11-12H,9-10H2,1H3,(H,22,25)(H,23,26). The predicted octanol–water partition coefficient (Wildman–Crippen LogP) is 3.56. The SMILES string of the molecule is Cc1ccc(NC(=O)C(=O)NCCc2csc(-c3cccc(F)c3)n2)cc1. The zero-order valence-electron chi connectivity index (χ0n) is 14.7. The van der Waals surface area contributed by atoms with Gasteiger partial charge in [-0.25, -0.2) is 9.37 Å². The minimum Gasteiger partial charge on any atom is -0.347 e. The molecule has 0 bridgehead atoms. The van der Waals surface area contributed by atoms with Crippen molar-refractivity contribution in [3.05, 3.63) is 71.0 Å². The molecule has 3 rings (SSSR count). The summed E-state index contributed by atoms with van der Waals surface area (Å²) in [7, 11) is 0. The topological polar surface area (TPSA) is 71.1 Å². The van der Waals surface area contributed by atoms with Crippen molar-refractivity contribution in [3.63, 3.8) is 0 Å². The number of nitrogens with one attached hydrogen (secondary N) is 2. The first-order valence-corrected chi connectivity index (χ1v) is 9.25. The van der Waals surface area contributed by atoms with Crippen LogP contribution in [0.5, 0.6) is 0 Å². The van der Waals surface area contributed by atoms with Crippen molar-refractivity contribution in [3.8, 4) is 10.6 Å². The molecule has 0 spiro atoms. The van der Waals surface area contributed by atoms with Crippen LogP contribution in [-0.4, -0.2) is 23.3 Å². The Morgan fingerprint density at radius 3 is 2.63 bits per heavy atom. The van der Waals surface area contributed by atoms with E-state index in [4.69, 9.17) is 0 Å². The number of thiazole rings is 1. The third-order valence-electron chi connectivity index (χ3n) is 3.81. The number of rotatable bonds is 5. The van der Waals surface area contributed by atoms with Crippen molar-refractivity contribution in [2.75, 3.05) is 11.9 Å². The smallest absolute Gasteiger partial charge is 0.313 e. The molecule has 2 amide bonds. The fraction of sp³-hybridized carbons (Fsp3) is 0.150. The molecule has 0 saturated heterocycles. The van der Waals surface area contributed by atoms with Gasteiger partial charge in [-0.05, 0) is 31.2 Å². The number of amides is 2. The van der Waals surface area contributed by atoms with E-state index >= 15 is 0 Å². The van der Waals surface area contributed by atoms with Crippen molar-refractivity contribution in [2.24, 2.45) is 0 Å². The van der Waals surface area contributed by atoms with Gasteiger partial charge >= 0.3 is 11.8 Å². The number of benzene rings is 2. The van der Waals surface area contributed by atoms with Gasteiger partial charge in [0.05, 0.1) is 5.69 Å². The minimum absolute atomic E-state index is 0.284. The van der Waals surface area contributed by atoms with E-state index in [-0.39, 0.29) is 12.4 Å². The number of hydrogen-bond donors (Lipinski definition) is 2. The second-order valence-electron chi connectivity index (χ2n) is 5.98. The van der Waals surface area contributed by atoms with Gasteiger partial charge in [0.15, 0.2) is 0 Å². The number of aryl methyl sites for hydroxylation is 1. The van der Waals surface area contributed by atoms with Crippen LogP contribution in [0.25, 0.3) is 10.6 Å². The van der Waals surface area contributed by atoms with E-state index < -0.39 is 11.8 Å². The summed E-state index contributed by atoms with van der Waals surface area (Å²) in [6, 6.07) is 13.4. The van der Waals surface area contributed by atoms with Crippen molar-refractivity contribution in [1.82, 2.24) is 10.3 Å². The van der Waals surface area contributed by atoms with Gasteiger partial charge < -0.3 is 10.6 Å². The Morgan fingerprint density at radius 2 is 1.89 bits per heavy atom. The molecule has 2 aromatic carbocycles. The van der Waals surface area contributed by atoms with Crippen LogP contribution in [-0.2, 0) is 16.0 Å². The highest BCUT2D eigenvalue weighted by atomic mass is 32.1. The average Bonchev–Trinajstić information content (AvgIpc) is 3.12. The first kappa shape index (κ1) is 18.7. The highest BCUT2D eigenvalue weighted by Gasteiger charge is 2.13. The molecule has 138 valence electrons. The third kappa shape index (κ3) is 5.21. The van der Waals surface area contributed by atoms with Crippen LogP contribution in [0.15, 0.2) is 53.9 Å². The molecule has 0 saturated carbocycles. The number of halogens is 1. The van der Waals surface area contributed by atoms with Crippen LogP contribution in [0.1, 0.15) is 11.3 Å². The zero-order valence-corrected chi connectivity index (χ0v) is 15.5. The summed E-state index contributed by atoms with van der Waals surface area (Å²) in [6.45, 7) is 2.23. The van der Waals surface area contributed by atoms with Gasteiger partial charge in [-0.15, -0.1) is 11.3 Å². The molecular formula is C20H18FN3O2S. The highest BCUT2D eigenvalue weighted by Crippen LogP contribution is 2.24. The highest BCUT2D eigenvalue weighted by molar-refractivity contribution is 7.13. The first-order chi connectivity index (χ1) is 13.0. The Morgan fingerprint density at radius 1 is 1.11 bits per heavy atom. The summed E-state index contributed by atoms with van der Waals surface area (Å²) < 4.78 is 13.3. The lowest BCUT2D eigenvalue weighted by molar-refractivity contribution is -0.136. The number of hydrogen-bond acceptors (Lipinski definition) is 4. The molecule has 0 atom stereocenters. The van der Waals surface area contributed by atoms with Crippen LogP contribution in [0.2, 0.25) is 0 Å². The molecule has 5 nitrogen and oxygen atoms in total. The second kappa shape index (κ2) is 8.55. The van der Waals surface area contributed by atoms with Crippen LogP contribution in [0.3, 0.4) is 0 Å². The fourth-order valence-corrected chi connectivity index (χ4v) is 3.24. The van der Waals surface area contributed by atoms with E-state index in [1.807, 2.05) is 24.4 Å². The van der Waals surface area contributed by atoms with Crippen LogP contribution in [0.4, 0.5) is 10.1 Å². The lowest BCUT2D eigenvalue weighted by atomic mass is 10.2. The molecule has 0 aliphatic heterocycles. The summed E-state index contributed by atoms with van der Waals surface area (Å²) in [6.07, 6.45) is 0.482. The quantitative estimate of drug-likeness (QED) is 0.662. The first-order valence-electron chi connectivity index (χ1n) is 8.37. The van der Waals surface area contributed by atoms with E-state index in [2.05, 4.69) is 15.6 Å². The molecule has 0 radical (unpaired) electrons. The molecular weight excluding hydrogens is 365 g/mol. The van der Waals surface area contributed by atoms with Crippen molar-refractivity contribution >= 4 is 28.8 Å². The Kier molecular flexibility index (Phi) is 5.93. The molecule has 0 fully saturated rings. The molecule has 0 aliphatic rings. The Labute approximate surface area is 160 Å². The maximum Gasteiger partial charge on any atom is 0.313 e. The second-order valence-corrected chi connectivity index (χ2v) is 6.84. The van der Waals surface area contributed by atoms with Gasteiger partial charge in [0.25, 0.3) is 0 Å². The number of carbonyl (C=O) groups is 2. The van der Waals surface area contributed by atoms with Gasteiger partial charge in [-0.1, -0.05) is 29.8 Å². The zero-order chi connectivity index (χ0) is 19.2. The summed E-state index contributed by atoms with van der Waals surface area (Å²) in [5, 5.41) is 7.70. The van der Waals surface area contributed by atoms with E-state index in [1.54, 1.807) is 24.3 Å². The normalized spacial score (nSPS) is 10.4. The number of carbonyl (C=O) groups excluding carboxylic acids is 2. The van der Waals surface area contributed by atoms with Crippen LogP contribution >= 0.6 is 11.3 Å². The summed E-state index contributed by atoms with van der Waals surface area (Å²) in [5.41, 5.74) is 3.13. The molecule has 0 aliphatic carbocycles. The Bertz CT molecular complexity index is 954. The molecule has 1 heterocycles. The average molecular weight is 383 g/mol. The fourth-order valence-electron chi connectivity index (χ4n) is 2.39. The van der Waals surface area contributed by atoms with Gasteiger partial charge in [0.1, 0.15) is 10.8 Å². The van der Waals surface area contributed by atoms with Crippen LogP contribution in [0, 0.1) is 12.7 Å². The number of anilines is 1. The van der Waals surface area contributed by atoms with Crippen LogP contribution < -0.4 is 10.6 Å². The van der Waals surface area contributed by atoms with E-state index in [1.165, 1.54) is 23.5 Å². The third-order valence-corrected chi connectivity index (χ3v) is 4.75. The van der Waals surface area contributed by atoms with Crippen molar-refractivity contribution in [2.45, 2.75) is 13.3 Å². The predicted molar refractivity (Wildman–Crippen MR) is 104 cm³/mol. The van der Waals surface area contributed by atoms with E-state index in [0.717, 1.165) is 11.3 Å². The van der Waals surface area contributed by atoms with E-state index in [9.17, 15) is 14.0 Å². The van der Waals surface area contributed by atoms with Gasteiger partial charge in [0.2, 0.25) is 0 Å². The lowest BCUT2D eigenvalue weighted by Gasteiger charge is -2.06. The van der Waals surface area contributed by atoms with Gasteiger partial charge in [-0.3, -0.25) is 9.59 Å². The van der Waals surface area contributed by atoms with Gasteiger partial charge in [-0.2, -0.15) is 0 Å². The van der Waals surface area contributed by atoms with Crippen molar-refractivity contribution < 1.29 is 14.0 Å². The molecule has 3 aromatic rings.